The van der Waals surface area contributed by atoms with E-state index in [1.54, 1.807) is 25.7 Å². The molecule has 1 saturated heterocycles. The van der Waals surface area contributed by atoms with Crippen molar-refractivity contribution in [2.24, 2.45) is 0 Å². The van der Waals surface area contributed by atoms with Crippen molar-refractivity contribution in [2.45, 2.75) is 39.2 Å². The Labute approximate surface area is 107 Å². The van der Waals surface area contributed by atoms with Crippen LogP contribution in [0.4, 0.5) is 4.79 Å². The molecule has 102 valence electrons. The van der Waals surface area contributed by atoms with Gasteiger partial charge in [-0.1, -0.05) is 0 Å². The van der Waals surface area contributed by atoms with E-state index in [4.69, 9.17) is 4.74 Å². The standard InChI is InChI=1S/C12H20N2O4/c1-12(2,3)18-11(17)13-8-10(16)14-6-4-9(15)5-7-14/h4-8H2,1-3H3,(H,13,17). The molecule has 0 unspecified atom stereocenters. The van der Waals surface area contributed by atoms with Crippen LogP contribution in [0.25, 0.3) is 0 Å². The number of hydrogen-bond donors (Lipinski definition) is 1. The highest BCUT2D eigenvalue weighted by Gasteiger charge is 2.22. The zero-order chi connectivity index (χ0) is 13.8. The number of carbonyl (C=O) groups is 3. The van der Waals surface area contributed by atoms with Gasteiger partial charge in [-0.05, 0) is 20.8 Å². The topological polar surface area (TPSA) is 75.7 Å². The summed E-state index contributed by atoms with van der Waals surface area (Å²) in [6.45, 7) is 6.05. The van der Waals surface area contributed by atoms with Crippen molar-refractivity contribution < 1.29 is 19.1 Å². The molecule has 6 heteroatoms. The third-order valence-corrected chi connectivity index (χ3v) is 2.46. The van der Waals surface area contributed by atoms with E-state index in [-0.39, 0.29) is 18.2 Å². The maximum Gasteiger partial charge on any atom is 0.408 e. The van der Waals surface area contributed by atoms with Crippen LogP contribution >= 0.6 is 0 Å². The average Bonchev–Trinajstić information content (AvgIpc) is 2.24. The van der Waals surface area contributed by atoms with Crippen molar-refractivity contribution in [1.29, 1.82) is 0 Å². The third kappa shape index (κ3) is 5.16. The first-order valence-corrected chi connectivity index (χ1v) is 6.04. The number of piperidine rings is 1. The van der Waals surface area contributed by atoms with Gasteiger partial charge in [0.25, 0.3) is 0 Å². The van der Waals surface area contributed by atoms with Crippen LogP contribution in [-0.4, -0.2) is 47.9 Å². The van der Waals surface area contributed by atoms with Gasteiger partial charge in [-0.2, -0.15) is 0 Å². The number of amides is 2. The van der Waals surface area contributed by atoms with Gasteiger partial charge in [0.05, 0.1) is 0 Å². The molecule has 0 radical (unpaired) electrons. The van der Waals surface area contributed by atoms with Gasteiger partial charge in [0, 0.05) is 25.9 Å². The summed E-state index contributed by atoms with van der Waals surface area (Å²) >= 11 is 0. The van der Waals surface area contributed by atoms with E-state index < -0.39 is 11.7 Å². The molecule has 0 spiro atoms. The monoisotopic (exact) mass is 256 g/mol. The number of ketones is 1. The van der Waals surface area contributed by atoms with Gasteiger partial charge >= 0.3 is 6.09 Å². The van der Waals surface area contributed by atoms with Crippen LogP contribution in [0.15, 0.2) is 0 Å². The molecule has 1 aliphatic rings. The molecule has 0 bridgehead atoms. The van der Waals surface area contributed by atoms with E-state index in [9.17, 15) is 14.4 Å². The second kappa shape index (κ2) is 5.84. The number of hydrogen-bond acceptors (Lipinski definition) is 4. The quantitative estimate of drug-likeness (QED) is 0.789. The van der Waals surface area contributed by atoms with E-state index in [1.807, 2.05) is 0 Å². The maximum atomic E-state index is 11.7. The van der Waals surface area contributed by atoms with Gasteiger partial charge in [0.1, 0.15) is 17.9 Å². The van der Waals surface area contributed by atoms with Crippen molar-refractivity contribution in [2.75, 3.05) is 19.6 Å². The van der Waals surface area contributed by atoms with Gasteiger partial charge in [0.15, 0.2) is 0 Å². The van der Waals surface area contributed by atoms with Crippen molar-refractivity contribution in [3.63, 3.8) is 0 Å². The molecule has 0 aliphatic carbocycles. The van der Waals surface area contributed by atoms with Gasteiger partial charge < -0.3 is 15.0 Å². The van der Waals surface area contributed by atoms with Crippen LogP contribution in [0.1, 0.15) is 33.6 Å². The summed E-state index contributed by atoms with van der Waals surface area (Å²) in [5.41, 5.74) is -0.579. The van der Waals surface area contributed by atoms with E-state index in [1.165, 1.54) is 0 Å². The zero-order valence-electron chi connectivity index (χ0n) is 11.1. The summed E-state index contributed by atoms with van der Waals surface area (Å²) in [4.78, 5) is 35.7. The number of nitrogens with one attached hydrogen (secondary N) is 1. The molecule has 1 fully saturated rings. The molecule has 1 N–H and O–H groups in total. The van der Waals surface area contributed by atoms with Crippen LogP contribution in [-0.2, 0) is 14.3 Å². The number of Topliss-reactive ketones (excluding diaryl/α,β-unsaturated/α-hetero) is 1. The maximum absolute atomic E-state index is 11.7. The smallest absolute Gasteiger partial charge is 0.408 e. The SMILES string of the molecule is CC(C)(C)OC(=O)NCC(=O)N1CCC(=O)CC1. The summed E-state index contributed by atoms with van der Waals surface area (Å²) in [6.07, 6.45) is 0.194. The fourth-order valence-corrected chi connectivity index (χ4v) is 1.58. The van der Waals surface area contributed by atoms with Crippen molar-refractivity contribution in [3.05, 3.63) is 0 Å². The highest BCUT2D eigenvalue weighted by atomic mass is 16.6. The predicted octanol–water partition coefficient (Wildman–Crippen LogP) is 0.703. The van der Waals surface area contributed by atoms with Gasteiger partial charge in [-0.3, -0.25) is 9.59 Å². The first-order valence-electron chi connectivity index (χ1n) is 6.04. The summed E-state index contributed by atoms with van der Waals surface area (Å²) in [5.74, 6) is -0.00693. The lowest BCUT2D eigenvalue weighted by atomic mass is 10.1. The predicted molar refractivity (Wildman–Crippen MR) is 65.1 cm³/mol. The normalized spacial score (nSPS) is 16.4. The van der Waals surface area contributed by atoms with E-state index in [0.29, 0.717) is 25.9 Å². The summed E-state index contributed by atoms with van der Waals surface area (Å²) < 4.78 is 5.02. The minimum atomic E-state index is -0.607. The Kier molecular flexibility index (Phi) is 4.69. The van der Waals surface area contributed by atoms with Crippen LogP contribution in [0.5, 0.6) is 0 Å². The Morgan fingerprint density at radius 2 is 1.83 bits per heavy atom. The Bertz CT molecular complexity index is 336. The molecule has 0 atom stereocenters. The number of alkyl carbamates (subject to hydrolysis) is 1. The van der Waals surface area contributed by atoms with Crippen molar-refractivity contribution >= 4 is 17.8 Å². The lowest BCUT2D eigenvalue weighted by Gasteiger charge is -2.26. The molecular formula is C12H20N2O4. The molecule has 1 rings (SSSR count). The molecule has 18 heavy (non-hydrogen) atoms. The van der Waals surface area contributed by atoms with Crippen LogP contribution in [0, 0.1) is 0 Å². The highest BCUT2D eigenvalue weighted by Crippen LogP contribution is 2.07. The molecule has 0 aromatic heterocycles. The molecule has 1 aliphatic heterocycles. The molecule has 0 saturated carbocycles. The van der Waals surface area contributed by atoms with Crippen molar-refractivity contribution in [1.82, 2.24) is 10.2 Å². The van der Waals surface area contributed by atoms with Crippen molar-refractivity contribution in [3.8, 4) is 0 Å². The van der Waals surface area contributed by atoms with Gasteiger partial charge in [-0.15, -0.1) is 0 Å². The molecule has 0 aromatic carbocycles. The van der Waals surface area contributed by atoms with Gasteiger partial charge in [-0.25, -0.2) is 4.79 Å². The lowest BCUT2D eigenvalue weighted by Crippen LogP contribution is -2.45. The molecule has 0 aromatic rings. The zero-order valence-corrected chi connectivity index (χ0v) is 11.1. The molecular weight excluding hydrogens is 236 g/mol. The Morgan fingerprint density at radius 3 is 2.33 bits per heavy atom. The lowest BCUT2D eigenvalue weighted by molar-refractivity contribution is -0.133. The fourth-order valence-electron chi connectivity index (χ4n) is 1.58. The number of carbonyl (C=O) groups excluding carboxylic acids is 3. The van der Waals surface area contributed by atoms with E-state index in [0.717, 1.165) is 0 Å². The van der Waals surface area contributed by atoms with Crippen LogP contribution in [0.2, 0.25) is 0 Å². The van der Waals surface area contributed by atoms with E-state index in [2.05, 4.69) is 5.32 Å². The summed E-state index contributed by atoms with van der Waals surface area (Å²) in [7, 11) is 0. The number of likely N-dealkylation sites (tertiary alicyclic amines) is 1. The van der Waals surface area contributed by atoms with Crippen LogP contribution < -0.4 is 5.32 Å². The number of rotatable bonds is 2. The average molecular weight is 256 g/mol. The molecule has 2 amide bonds. The summed E-state index contributed by atoms with van der Waals surface area (Å²) in [5, 5.41) is 2.41. The second-order valence-electron chi connectivity index (χ2n) is 5.27. The van der Waals surface area contributed by atoms with Crippen LogP contribution in [0.3, 0.4) is 0 Å². The Balaban J connectivity index is 2.29. The highest BCUT2D eigenvalue weighted by molar-refractivity contribution is 5.85. The fraction of sp³-hybridized carbons (Fsp3) is 0.750. The summed E-state index contributed by atoms with van der Waals surface area (Å²) in [6, 6.07) is 0. The number of nitrogens with zero attached hydrogens (tertiary/aromatic N) is 1. The molecule has 1 heterocycles. The van der Waals surface area contributed by atoms with Gasteiger partial charge in [0.2, 0.25) is 5.91 Å². The Hall–Kier alpha value is -1.59. The number of ether oxygens (including phenoxy) is 1. The largest absolute Gasteiger partial charge is 0.444 e. The third-order valence-electron chi connectivity index (χ3n) is 2.46. The van der Waals surface area contributed by atoms with E-state index >= 15 is 0 Å². The molecule has 6 nitrogen and oxygen atoms in total. The Morgan fingerprint density at radius 1 is 1.28 bits per heavy atom. The minimum Gasteiger partial charge on any atom is -0.444 e. The minimum absolute atomic E-state index is 0.0941. The first kappa shape index (κ1) is 14.5. The first-order chi connectivity index (χ1) is 8.28. The second-order valence-corrected chi connectivity index (χ2v) is 5.27.